The standard InChI is InChI=1S/C18H11ClI2N2O4S/c19-10-2-1-3-11(7-10)22-15(24)8-23-17(26)14(28-18(23)27)6-9-4-12(20)16(25)13(21)5-9/h1-7,25H,8H2,(H,22,24)/b14-6+. The molecule has 144 valence electrons. The Bertz CT molecular complexity index is 1010. The van der Waals surface area contributed by atoms with E-state index in [4.69, 9.17) is 11.6 Å². The second kappa shape index (κ2) is 9.01. The first kappa shape index (κ1) is 21.4. The third-order valence-corrected chi connectivity index (χ3v) is 6.41. The predicted molar refractivity (Wildman–Crippen MR) is 126 cm³/mol. The molecule has 0 unspecified atom stereocenters. The van der Waals surface area contributed by atoms with Gasteiger partial charge in [-0.15, -0.1) is 0 Å². The van der Waals surface area contributed by atoms with Crippen molar-refractivity contribution in [1.29, 1.82) is 0 Å². The van der Waals surface area contributed by atoms with E-state index >= 15 is 0 Å². The van der Waals surface area contributed by atoms with Gasteiger partial charge in [-0.25, -0.2) is 0 Å². The Morgan fingerprint density at radius 2 is 1.89 bits per heavy atom. The summed E-state index contributed by atoms with van der Waals surface area (Å²) in [5.74, 6) is -0.863. The lowest BCUT2D eigenvalue weighted by molar-refractivity contribution is -0.127. The molecule has 0 saturated carbocycles. The van der Waals surface area contributed by atoms with Crippen LogP contribution in [-0.2, 0) is 9.59 Å². The van der Waals surface area contributed by atoms with E-state index in [9.17, 15) is 19.5 Å². The van der Waals surface area contributed by atoms with Gasteiger partial charge < -0.3 is 10.4 Å². The van der Waals surface area contributed by atoms with E-state index in [1.807, 2.05) is 45.2 Å². The highest BCUT2D eigenvalue weighted by atomic mass is 127. The van der Waals surface area contributed by atoms with Crippen molar-refractivity contribution >= 4 is 97.4 Å². The second-order valence-corrected chi connectivity index (χ2v) is 9.41. The molecule has 2 aromatic carbocycles. The maximum atomic E-state index is 12.6. The number of phenols is 1. The average molecular weight is 641 g/mol. The molecule has 1 aliphatic heterocycles. The Balaban J connectivity index is 1.73. The average Bonchev–Trinajstić information content (AvgIpc) is 2.87. The van der Waals surface area contributed by atoms with Crippen molar-refractivity contribution in [2.45, 2.75) is 0 Å². The van der Waals surface area contributed by atoms with Crippen LogP contribution in [0.2, 0.25) is 5.02 Å². The molecule has 3 amide bonds. The number of carbonyl (C=O) groups is 3. The van der Waals surface area contributed by atoms with Crippen LogP contribution in [0.25, 0.3) is 6.08 Å². The SMILES string of the molecule is O=C(CN1C(=O)S/C(=C/c2cc(I)c(O)c(I)c2)C1=O)Nc1cccc(Cl)c1. The highest BCUT2D eigenvalue weighted by Crippen LogP contribution is 2.34. The van der Waals surface area contributed by atoms with Crippen molar-refractivity contribution in [3.05, 3.63) is 59.0 Å². The van der Waals surface area contributed by atoms with Crippen LogP contribution >= 0.6 is 68.5 Å². The molecule has 0 aliphatic carbocycles. The number of rotatable bonds is 4. The van der Waals surface area contributed by atoms with Crippen LogP contribution in [0.4, 0.5) is 10.5 Å². The molecule has 1 aliphatic rings. The summed E-state index contributed by atoms with van der Waals surface area (Å²) < 4.78 is 1.27. The van der Waals surface area contributed by atoms with Crippen molar-refractivity contribution in [3.8, 4) is 5.75 Å². The maximum absolute atomic E-state index is 12.6. The topological polar surface area (TPSA) is 86.7 Å². The lowest BCUT2D eigenvalue weighted by Crippen LogP contribution is -2.36. The number of amides is 3. The first-order chi connectivity index (χ1) is 13.2. The van der Waals surface area contributed by atoms with Gasteiger partial charge in [0.2, 0.25) is 5.91 Å². The zero-order valence-corrected chi connectivity index (χ0v) is 19.8. The van der Waals surface area contributed by atoms with Gasteiger partial charge in [-0.2, -0.15) is 0 Å². The second-order valence-electron chi connectivity index (χ2n) is 5.66. The Morgan fingerprint density at radius 1 is 1.21 bits per heavy atom. The first-order valence-electron chi connectivity index (χ1n) is 7.73. The van der Waals surface area contributed by atoms with Crippen LogP contribution in [0.15, 0.2) is 41.3 Å². The molecule has 6 nitrogen and oxygen atoms in total. The zero-order chi connectivity index (χ0) is 20.4. The van der Waals surface area contributed by atoms with Crippen LogP contribution in [0.5, 0.6) is 5.75 Å². The molecule has 0 radical (unpaired) electrons. The third-order valence-electron chi connectivity index (χ3n) is 3.62. The van der Waals surface area contributed by atoms with E-state index in [1.165, 1.54) is 0 Å². The molecule has 1 fully saturated rings. The van der Waals surface area contributed by atoms with Gasteiger partial charge >= 0.3 is 0 Å². The molecule has 0 atom stereocenters. The number of nitrogens with zero attached hydrogens (tertiary/aromatic N) is 1. The van der Waals surface area contributed by atoms with Crippen LogP contribution < -0.4 is 5.32 Å². The number of imide groups is 1. The predicted octanol–water partition coefficient (Wildman–Crippen LogP) is 4.93. The van der Waals surface area contributed by atoms with Gasteiger partial charge in [-0.3, -0.25) is 19.3 Å². The van der Waals surface area contributed by atoms with Crippen molar-refractivity contribution in [3.63, 3.8) is 0 Å². The smallest absolute Gasteiger partial charge is 0.294 e. The number of phenolic OH excluding ortho intramolecular Hbond substituents is 1. The number of anilines is 1. The number of aromatic hydroxyl groups is 1. The fourth-order valence-corrected chi connectivity index (χ4v) is 5.21. The minimum atomic E-state index is -0.533. The molecule has 2 N–H and O–H groups in total. The Kier molecular flexibility index (Phi) is 6.89. The van der Waals surface area contributed by atoms with E-state index in [0.717, 1.165) is 16.7 Å². The van der Waals surface area contributed by atoms with E-state index in [1.54, 1.807) is 42.5 Å². The zero-order valence-electron chi connectivity index (χ0n) is 13.9. The number of hydrogen-bond donors (Lipinski definition) is 2. The monoisotopic (exact) mass is 640 g/mol. The maximum Gasteiger partial charge on any atom is 0.294 e. The molecule has 2 aromatic rings. The van der Waals surface area contributed by atoms with Crippen molar-refractivity contribution in [2.24, 2.45) is 0 Å². The number of thioether (sulfide) groups is 1. The molecule has 10 heteroatoms. The molecular weight excluding hydrogens is 630 g/mol. The van der Waals surface area contributed by atoms with Crippen LogP contribution in [-0.4, -0.2) is 33.6 Å². The number of hydrogen-bond acceptors (Lipinski definition) is 5. The summed E-state index contributed by atoms with van der Waals surface area (Å²) >= 11 is 10.6. The van der Waals surface area contributed by atoms with Crippen LogP contribution in [0.1, 0.15) is 5.56 Å². The highest BCUT2D eigenvalue weighted by Gasteiger charge is 2.36. The summed E-state index contributed by atoms with van der Waals surface area (Å²) in [6.45, 7) is -0.390. The van der Waals surface area contributed by atoms with Gasteiger partial charge in [-0.1, -0.05) is 17.7 Å². The summed E-state index contributed by atoms with van der Waals surface area (Å²) in [4.78, 5) is 38.1. The van der Waals surface area contributed by atoms with E-state index < -0.39 is 17.1 Å². The normalized spacial score (nSPS) is 15.4. The molecule has 1 heterocycles. The Morgan fingerprint density at radius 3 is 2.54 bits per heavy atom. The number of nitrogens with one attached hydrogen (secondary N) is 1. The van der Waals surface area contributed by atoms with Crippen molar-refractivity contribution in [2.75, 3.05) is 11.9 Å². The fourth-order valence-electron chi connectivity index (χ4n) is 2.37. The fraction of sp³-hybridized carbons (Fsp3) is 0.0556. The third kappa shape index (κ3) is 4.99. The van der Waals surface area contributed by atoms with E-state index in [0.29, 0.717) is 23.4 Å². The Labute approximate surface area is 197 Å². The van der Waals surface area contributed by atoms with Gasteiger partial charge in [0.25, 0.3) is 11.1 Å². The quantitative estimate of drug-likeness (QED) is 0.366. The van der Waals surface area contributed by atoms with E-state index in [2.05, 4.69) is 5.32 Å². The van der Waals surface area contributed by atoms with Gasteiger partial charge in [0.15, 0.2) is 0 Å². The minimum absolute atomic E-state index is 0.171. The summed E-state index contributed by atoms with van der Waals surface area (Å²) in [7, 11) is 0. The summed E-state index contributed by atoms with van der Waals surface area (Å²) in [5.41, 5.74) is 1.16. The molecule has 28 heavy (non-hydrogen) atoms. The summed E-state index contributed by atoms with van der Waals surface area (Å²) in [6.07, 6.45) is 1.57. The molecule has 3 rings (SSSR count). The first-order valence-corrected chi connectivity index (χ1v) is 11.1. The molecule has 0 spiro atoms. The number of benzene rings is 2. The van der Waals surface area contributed by atoms with Crippen LogP contribution in [0.3, 0.4) is 0 Å². The van der Waals surface area contributed by atoms with Gasteiger partial charge in [0.1, 0.15) is 12.3 Å². The lowest BCUT2D eigenvalue weighted by Gasteiger charge is -2.12. The van der Waals surface area contributed by atoms with Crippen molar-refractivity contribution < 1.29 is 19.5 Å². The lowest BCUT2D eigenvalue weighted by atomic mass is 10.2. The largest absolute Gasteiger partial charge is 0.506 e. The molecule has 0 aromatic heterocycles. The van der Waals surface area contributed by atoms with E-state index in [-0.39, 0.29) is 17.2 Å². The van der Waals surface area contributed by atoms with Crippen LogP contribution in [0, 0.1) is 7.14 Å². The minimum Gasteiger partial charge on any atom is -0.506 e. The summed E-state index contributed by atoms with van der Waals surface area (Å²) in [6, 6.07) is 9.99. The van der Waals surface area contributed by atoms with Gasteiger partial charge in [0.05, 0.1) is 12.0 Å². The number of carbonyl (C=O) groups excluding carboxylic acids is 3. The molecule has 1 saturated heterocycles. The Hall–Kier alpha value is -1.31. The summed E-state index contributed by atoms with van der Waals surface area (Å²) in [5, 5.41) is 12.4. The molecule has 0 bridgehead atoms. The van der Waals surface area contributed by atoms with Gasteiger partial charge in [-0.05, 0) is 98.9 Å². The highest BCUT2D eigenvalue weighted by molar-refractivity contribution is 14.1. The number of halogens is 3. The van der Waals surface area contributed by atoms with Gasteiger partial charge in [0, 0.05) is 10.7 Å². The molecular formula is C18H11ClI2N2O4S. The van der Waals surface area contributed by atoms with Crippen molar-refractivity contribution in [1.82, 2.24) is 4.90 Å².